The predicted octanol–water partition coefficient (Wildman–Crippen LogP) is 23.0. The molecule has 6 nitrogen and oxygen atoms in total. The Labute approximate surface area is 489 Å². The first-order valence-electron chi connectivity index (χ1n) is 33.4. The van der Waals surface area contributed by atoms with E-state index in [0.717, 1.165) is 122 Å². The Bertz CT molecular complexity index is 1590. The van der Waals surface area contributed by atoms with Crippen LogP contribution in [-0.2, 0) is 28.6 Å². The minimum Gasteiger partial charge on any atom is -0.462 e. The second-order valence-electron chi connectivity index (χ2n) is 22.0. The lowest BCUT2D eigenvalue weighted by Crippen LogP contribution is -2.30. The Morgan fingerprint density at radius 1 is 0.266 bits per heavy atom. The normalized spacial score (nSPS) is 12.8. The average Bonchev–Trinajstić information content (AvgIpc) is 3.45. The van der Waals surface area contributed by atoms with Gasteiger partial charge in [-0.15, -0.1) is 0 Å². The standard InChI is InChI=1S/C73H124O6/c1-4-7-10-13-16-18-20-22-24-26-28-29-30-31-32-33-34-35-36-37-38-39-40-41-42-43-45-46-48-50-52-54-57-60-63-66-72(75)78-69-70(68-77-71(74)65-62-59-56-15-12-9-6-3)79-73(76)67-64-61-58-55-53-51-49-47-44-27-25-23-21-19-17-14-11-8-5-2/h7,10,16-19,22-25,28-29,31-32,34-35,44,47,70H,4-6,8-9,11-15,20-21,26-27,30,33,36-43,45-46,48-69H2,1-3H3/b10-7-,18-16-,19-17-,24-22-,25-23-,29-28-,32-31-,35-34-,47-44-. The van der Waals surface area contributed by atoms with Crippen molar-refractivity contribution in [1.29, 1.82) is 0 Å². The van der Waals surface area contributed by atoms with Gasteiger partial charge in [-0.05, 0) is 109 Å². The highest BCUT2D eigenvalue weighted by Gasteiger charge is 2.19. The van der Waals surface area contributed by atoms with Crippen molar-refractivity contribution in [1.82, 2.24) is 0 Å². The molecule has 452 valence electrons. The third-order valence-electron chi connectivity index (χ3n) is 14.3. The molecule has 0 aliphatic carbocycles. The molecule has 0 aromatic heterocycles. The second-order valence-corrected chi connectivity index (χ2v) is 22.0. The van der Waals surface area contributed by atoms with Crippen LogP contribution in [0, 0.1) is 0 Å². The summed E-state index contributed by atoms with van der Waals surface area (Å²) in [4.78, 5) is 38.1. The fourth-order valence-corrected chi connectivity index (χ4v) is 9.28. The number of esters is 3. The molecule has 0 radical (unpaired) electrons. The third-order valence-corrected chi connectivity index (χ3v) is 14.3. The van der Waals surface area contributed by atoms with Gasteiger partial charge in [-0.1, -0.05) is 297 Å². The molecular weight excluding hydrogens is 973 g/mol. The van der Waals surface area contributed by atoms with Crippen molar-refractivity contribution in [2.75, 3.05) is 13.2 Å². The number of ether oxygens (including phenoxy) is 3. The lowest BCUT2D eigenvalue weighted by Gasteiger charge is -2.18. The summed E-state index contributed by atoms with van der Waals surface area (Å²) in [6.07, 6.45) is 91.3. The second kappa shape index (κ2) is 66.6. The van der Waals surface area contributed by atoms with Crippen LogP contribution >= 0.6 is 0 Å². The van der Waals surface area contributed by atoms with Gasteiger partial charge in [-0.3, -0.25) is 14.4 Å². The van der Waals surface area contributed by atoms with Gasteiger partial charge in [0.05, 0.1) is 0 Å². The van der Waals surface area contributed by atoms with E-state index >= 15 is 0 Å². The molecule has 0 N–H and O–H groups in total. The van der Waals surface area contributed by atoms with Crippen molar-refractivity contribution in [2.45, 2.75) is 322 Å². The molecule has 0 rings (SSSR count). The van der Waals surface area contributed by atoms with Gasteiger partial charge in [0, 0.05) is 19.3 Å². The van der Waals surface area contributed by atoms with Crippen LogP contribution in [0.1, 0.15) is 316 Å². The van der Waals surface area contributed by atoms with Crippen molar-refractivity contribution >= 4 is 17.9 Å². The molecule has 0 amide bonds. The average molecular weight is 1100 g/mol. The molecule has 1 unspecified atom stereocenters. The zero-order valence-corrected chi connectivity index (χ0v) is 51.9. The third kappa shape index (κ3) is 64.8. The van der Waals surface area contributed by atoms with Gasteiger partial charge >= 0.3 is 17.9 Å². The Morgan fingerprint density at radius 3 is 0.797 bits per heavy atom. The van der Waals surface area contributed by atoms with Gasteiger partial charge in [0.1, 0.15) is 13.2 Å². The first-order chi connectivity index (χ1) is 39.0. The zero-order chi connectivity index (χ0) is 57.1. The molecule has 0 spiro atoms. The number of carbonyl (C=O) groups excluding carboxylic acids is 3. The van der Waals surface area contributed by atoms with E-state index in [1.165, 1.54) is 154 Å². The van der Waals surface area contributed by atoms with E-state index in [-0.39, 0.29) is 31.1 Å². The van der Waals surface area contributed by atoms with Crippen molar-refractivity contribution in [2.24, 2.45) is 0 Å². The smallest absolute Gasteiger partial charge is 0.306 e. The molecule has 1 atom stereocenters. The Hall–Kier alpha value is -3.93. The number of carbonyl (C=O) groups is 3. The summed E-state index contributed by atoms with van der Waals surface area (Å²) in [5.41, 5.74) is 0. The van der Waals surface area contributed by atoms with Gasteiger partial charge in [-0.25, -0.2) is 0 Å². The molecule has 0 aliphatic heterocycles. The van der Waals surface area contributed by atoms with E-state index < -0.39 is 6.10 Å². The number of allylic oxidation sites excluding steroid dienone is 18. The molecular formula is C73H124O6. The minimum absolute atomic E-state index is 0.0804. The Balaban J connectivity index is 4.05. The van der Waals surface area contributed by atoms with Gasteiger partial charge in [0.2, 0.25) is 0 Å². The van der Waals surface area contributed by atoms with Crippen LogP contribution in [0.25, 0.3) is 0 Å². The van der Waals surface area contributed by atoms with Crippen LogP contribution in [-0.4, -0.2) is 37.2 Å². The van der Waals surface area contributed by atoms with Crippen LogP contribution in [0.4, 0.5) is 0 Å². The van der Waals surface area contributed by atoms with E-state index in [4.69, 9.17) is 14.2 Å². The minimum atomic E-state index is -0.782. The van der Waals surface area contributed by atoms with E-state index in [1.54, 1.807) is 0 Å². The highest BCUT2D eigenvalue weighted by atomic mass is 16.6. The summed E-state index contributed by atoms with van der Waals surface area (Å²) in [5, 5.41) is 0. The fourth-order valence-electron chi connectivity index (χ4n) is 9.28. The SMILES string of the molecule is CC/C=C\C/C=C\C/C=C\C/C=C\C/C=C\C/C=C\CCCCCCCCCCCCCCCCCCC(=O)OCC(COC(=O)CCCCCCCCC)OC(=O)CCCCCCCC/C=C\C/C=C\C/C=C\CCCCC. The maximum atomic E-state index is 12.8. The molecule has 0 saturated carbocycles. The summed E-state index contributed by atoms with van der Waals surface area (Å²) < 4.78 is 16.8. The summed E-state index contributed by atoms with van der Waals surface area (Å²) >= 11 is 0. The maximum Gasteiger partial charge on any atom is 0.306 e. The largest absolute Gasteiger partial charge is 0.462 e. The topological polar surface area (TPSA) is 78.9 Å². The molecule has 0 aromatic rings. The van der Waals surface area contributed by atoms with Crippen molar-refractivity contribution < 1.29 is 28.6 Å². The van der Waals surface area contributed by atoms with Crippen LogP contribution in [0.2, 0.25) is 0 Å². The summed E-state index contributed by atoms with van der Waals surface area (Å²) in [7, 11) is 0. The van der Waals surface area contributed by atoms with Crippen LogP contribution in [0.15, 0.2) is 109 Å². The van der Waals surface area contributed by atoms with Gasteiger partial charge < -0.3 is 14.2 Å². The van der Waals surface area contributed by atoms with Crippen molar-refractivity contribution in [3.63, 3.8) is 0 Å². The highest BCUT2D eigenvalue weighted by molar-refractivity contribution is 5.71. The molecule has 0 aliphatic rings. The van der Waals surface area contributed by atoms with Crippen molar-refractivity contribution in [3.8, 4) is 0 Å². The molecule has 0 saturated heterocycles. The number of unbranched alkanes of at least 4 members (excludes halogenated alkanes) is 31. The summed E-state index contributed by atoms with van der Waals surface area (Å²) in [6.45, 7) is 6.46. The molecule has 0 aromatic carbocycles. The van der Waals surface area contributed by atoms with Gasteiger partial charge in [-0.2, -0.15) is 0 Å². The Kier molecular flexibility index (Phi) is 63.3. The Morgan fingerprint density at radius 2 is 0.494 bits per heavy atom. The monoisotopic (exact) mass is 1100 g/mol. The van der Waals surface area contributed by atoms with Crippen LogP contribution < -0.4 is 0 Å². The number of hydrogen-bond donors (Lipinski definition) is 0. The van der Waals surface area contributed by atoms with Gasteiger partial charge in [0.25, 0.3) is 0 Å². The van der Waals surface area contributed by atoms with E-state index in [9.17, 15) is 14.4 Å². The van der Waals surface area contributed by atoms with Crippen LogP contribution in [0.3, 0.4) is 0 Å². The quantitative estimate of drug-likeness (QED) is 0.0261. The van der Waals surface area contributed by atoms with E-state index in [0.29, 0.717) is 19.3 Å². The molecule has 0 heterocycles. The summed E-state index contributed by atoms with van der Waals surface area (Å²) in [5.74, 6) is -0.891. The lowest BCUT2D eigenvalue weighted by atomic mass is 10.0. The first-order valence-corrected chi connectivity index (χ1v) is 33.4. The molecule has 0 fully saturated rings. The molecule has 6 heteroatoms. The van der Waals surface area contributed by atoms with E-state index in [2.05, 4.69) is 130 Å². The lowest BCUT2D eigenvalue weighted by molar-refractivity contribution is -0.167. The van der Waals surface area contributed by atoms with E-state index in [1.807, 2.05) is 0 Å². The van der Waals surface area contributed by atoms with Crippen LogP contribution in [0.5, 0.6) is 0 Å². The molecule has 79 heavy (non-hydrogen) atoms. The highest BCUT2D eigenvalue weighted by Crippen LogP contribution is 2.16. The molecule has 0 bridgehead atoms. The number of rotatable bonds is 60. The summed E-state index contributed by atoms with van der Waals surface area (Å²) in [6, 6.07) is 0. The number of hydrogen-bond acceptors (Lipinski definition) is 6. The van der Waals surface area contributed by atoms with Crippen molar-refractivity contribution in [3.05, 3.63) is 109 Å². The fraction of sp³-hybridized carbons (Fsp3) is 0.712. The zero-order valence-electron chi connectivity index (χ0n) is 51.9. The van der Waals surface area contributed by atoms with Gasteiger partial charge in [0.15, 0.2) is 6.10 Å². The maximum absolute atomic E-state index is 12.8. The first kappa shape index (κ1) is 75.1. The predicted molar refractivity (Wildman–Crippen MR) is 343 cm³/mol.